The number of allylic oxidation sites excluding steroid dienone is 1. The standard InChI is InChI=1S/C16H11F3N4O4/c17-16(18,19)12-7-8-13(15(10-12)23(26)27)21-20-9-3-5-11-4-1-2-6-14(11)22(24)25/h1-10,21H/b5-3+,20-9-. The van der Waals surface area contributed by atoms with E-state index in [1.807, 2.05) is 0 Å². The first kappa shape index (κ1) is 19.6. The lowest BCUT2D eigenvalue weighted by Gasteiger charge is -2.08. The average molecular weight is 380 g/mol. The maximum atomic E-state index is 12.6. The fourth-order valence-corrected chi connectivity index (χ4v) is 2.04. The SMILES string of the molecule is O=[N+]([O-])c1ccccc1/C=C/C=N\Nc1ccc(C(F)(F)F)cc1[N+](=O)[O-]. The van der Waals surface area contributed by atoms with Gasteiger partial charge >= 0.3 is 6.18 Å². The van der Waals surface area contributed by atoms with Crippen LogP contribution >= 0.6 is 0 Å². The Morgan fingerprint density at radius 3 is 2.30 bits per heavy atom. The highest BCUT2D eigenvalue weighted by molar-refractivity contribution is 5.80. The van der Waals surface area contributed by atoms with Gasteiger partial charge in [0.2, 0.25) is 0 Å². The first-order valence-corrected chi connectivity index (χ1v) is 7.25. The van der Waals surface area contributed by atoms with Crippen LogP contribution in [0.15, 0.2) is 53.6 Å². The fraction of sp³-hybridized carbons (Fsp3) is 0.0625. The maximum absolute atomic E-state index is 12.6. The number of halogens is 3. The highest BCUT2D eigenvalue weighted by Gasteiger charge is 2.33. The summed E-state index contributed by atoms with van der Waals surface area (Å²) in [7, 11) is 0. The predicted molar refractivity (Wildman–Crippen MR) is 92.3 cm³/mol. The molecule has 2 aromatic rings. The Labute approximate surface area is 149 Å². The van der Waals surface area contributed by atoms with Crippen LogP contribution in [0.4, 0.5) is 30.2 Å². The van der Waals surface area contributed by atoms with Gasteiger partial charge in [-0.05, 0) is 30.4 Å². The van der Waals surface area contributed by atoms with Gasteiger partial charge < -0.3 is 0 Å². The van der Waals surface area contributed by atoms with E-state index in [4.69, 9.17) is 0 Å². The third-order valence-electron chi connectivity index (χ3n) is 3.28. The predicted octanol–water partition coefficient (Wildman–Crippen LogP) is 4.63. The number of alkyl halides is 3. The molecule has 0 fully saturated rings. The van der Waals surface area contributed by atoms with Gasteiger partial charge in [0.1, 0.15) is 5.69 Å². The summed E-state index contributed by atoms with van der Waals surface area (Å²) in [6.45, 7) is 0. The third-order valence-corrected chi connectivity index (χ3v) is 3.28. The molecule has 0 spiro atoms. The zero-order valence-corrected chi connectivity index (χ0v) is 13.4. The van der Waals surface area contributed by atoms with E-state index in [0.29, 0.717) is 17.7 Å². The lowest BCUT2D eigenvalue weighted by Crippen LogP contribution is -2.06. The Balaban J connectivity index is 2.15. The molecular formula is C16H11F3N4O4. The molecule has 0 radical (unpaired) electrons. The van der Waals surface area contributed by atoms with Crippen LogP contribution in [0.3, 0.4) is 0 Å². The Kier molecular flexibility index (Phi) is 5.85. The fourth-order valence-electron chi connectivity index (χ4n) is 2.04. The second kappa shape index (κ2) is 8.08. The molecule has 1 N–H and O–H groups in total. The maximum Gasteiger partial charge on any atom is 0.416 e. The summed E-state index contributed by atoms with van der Waals surface area (Å²) < 4.78 is 37.9. The number of hydrazone groups is 1. The van der Waals surface area contributed by atoms with E-state index >= 15 is 0 Å². The van der Waals surface area contributed by atoms with Gasteiger partial charge in [-0.25, -0.2) is 0 Å². The van der Waals surface area contributed by atoms with Crippen LogP contribution < -0.4 is 5.43 Å². The number of hydrogen-bond acceptors (Lipinski definition) is 6. The van der Waals surface area contributed by atoms with E-state index in [9.17, 15) is 33.4 Å². The summed E-state index contributed by atoms with van der Waals surface area (Å²) in [6, 6.07) is 7.93. The minimum atomic E-state index is -4.71. The Bertz CT molecular complexity index is 926. The minimum Gasteiger partial charge on any atom is -0.272 e. The Morgan fingerprint density at radius 2 is 1.67 bits per heavy atom. The molecule has 11 heteroatoms. The molecule has 0 saturated carbocycles. The van der Waals surface area contributed by atoms with E-state index in [1.165, 1.54) is 30.4 Å². The van der Waals surface area contributed by atoms with Gasteiger partial charge in [-0.15, -0.1) is 0 Å². The van der Waals surface area contributed by atoms with Gasteiger partial charge in [0.15, 0.2) is 0 Å². The van der Waals surface area contributed by atoms with Crippen molar-refractivity contribution in [1.82, 2.24) is 0 Å². The van der Waals surface area contributed by atoms with Crippen LogP contribution in [0.5, 0.6) is 0 Å². The Morgan fingerprint density at radius 1 is 1.00 bits per heavy atom. The van der Waals surface area contributed by atoms with E-state index in [-0.39, 0.29) is 11.4 Å². The summed E-state index contributed by atoms with van der Waals surface area (Å²) in [5.41, 5.74) is 0.296. The first-order valence-electron chi connectivity index (χ1n) is 7.25. The number of rotatable bonds is 6. The zero-order valence-electron chi connectivity index (χ0n) is 13.4. The van der Waals surface area contributed by atoms with E-state index in [1.54, 1.807) is 6.07 Å². The van der Waals surface area contributed by atoms with Crippen molar-refractivity contribution in [2.75, 3.05) is 5.43 Å². The lowest BCUT2D eigenvalue weighted by atomic mass is 10.1. The molecule has 27 heavy (non-hydrogen) atoms. The molecule has 2 aromatic carbocycles. The van der Waals surface area contributed by atoms with Crippen LogP contribution in [-0.2, 0) is 6.18 Å². The number of nitro benzene ring substituents is 2. The highest BCUT2D eigenvalue weighted by Crippen LogP contribution is 2.34. The largest absolute Gasteiger partial charge is 0.416 e. The second-order valence-corrected chi connectivity index (χ2v) is 5.05. The number of nitrogens with one attached hydrogen (secondary N) is 1. The first-order chi connectivity index (χ1) is 12.7. The lowest BCUT2D eigenvalue weighted by molar-refractivity contribution is -0.385. The number of para-hydroxylation sites is 1. The highest BCUT2D eigenvalue weighted by atomic mass is 19.4. The number of nitrogens with zero attached hydrogens (tertiary/aromatic N) is 3. The number of hydrogen-bond donors (Lipinski definition) is 1. The second-order valence-electron chi connectivity index (χ2n) is 5.05. The summed E-state index contributed by atoms with van der Waals surface area (Å²) in [4.78, 5) is 20.3. The average Bonchev–Trinajstić information content (AvgIpc) is 2.60. The number of benzene rings is 2. The van der Waals surface area contributed by atoms with Crippen LogP contribution in [0.25, 0.3) is 6.08 Å². The normalized spacial score (nSPS) is 11.8. The molecule has 0 atom stereocenters. The summed E-state index contributed by atoms with van der Waals surface area (Å²) in [6.07, 6.45) is -0.826. The topological polar surface area (TPSA) is 111 Å². The number of anilines is 1. The van der Waals surface area contributed by atoms with E-state index < -0.39 is 27.3 Å². The van der Waals surface area contributed by atoms with Crippen molar-refractivity contribution >= 4 is 29.4 Å². The molecule has 0 aliphatic rings. The van der Waals surface area contributed by atoms with Crippen LogP contribution in [0, 0.1) is 20.2 Å². The van der Waals surface area contributed by atoms with Gasteiger partial charge in [-0.2, -0.15) is 18.3 Å². The smallest absolute Gasteiger partial charge is 0.272 e. The third kappa shape index (κ3) is 5.11. The molecule has 8 nitrogen and oxygen atoms in total. The van der Waals surface area contributed by atoms with Crippen molar-refractivity contribution in [3.05, 3.63) is 79.9 Å². The van der Waals surface area contributed by atoms with E-state index in [2.05, 4.69) is 10.5 Å². The molecule has 0 aliphatic carbocycles. The van der Waals surface area contributed by atoms with Crippen molar-refractivity contribution in [3.63, 3.8) is 0 Å². The van der Waals surface area contributed by atoms with Crippen LogP contribution in [-0.4, -0.2) is 16.1 Å². The van der Waals surface area contributed by atoms with Crippen molar-refractivity contribution in [1.29, 1.82) is 0 Å². The minimum absolute atomic E-state index is 0.117. The molecule has 0 aromatic heterocycles. The molecule has 2 rings (SSSR count). The van der Waals surface area contributed by atoms with Gasteiger partial charge in [0, 0.05) is 18.3 Å². The quantitative estimate of drug-likeness (QED) is 0.446. The summed E-state index contributed by atoms with van der Waals surface area (Å²) >= 11 is 0. The van der Waals surface area contributed by atoms with Gasteiger partial charge in [-0.3, -0.25) is 25.7 Å². The molecular weight excluding hydrogens is 369 g/mol. The zero-order chi connectivity index (χ0) is 20.0. The number of nitro groups is 2. The van der Waals surface area contributed by atoms with Crippen molar-refractivity contribution in [3.8, 4) is 0 Å². The molecule has 0 aliphatic heterocycles. The molecule has 0 amide bonds. The molecule has 0 saturated heterocycles. The van der Waals surface area contributed by atoms with E-state index in [0.717, 1.165) is 12.3 Å². The Hall–Kier alpha value is -3.76. The van der Waals surface area contributed by atoms with Gasteiger partial charge in [0.05, 0.1) is 21.0 Å². The van der Waals surface area contributed by atoms with Crippen LogP contribution in [0.1, 0.15) is 11.1 Å². The molecule has 0 unspecified atom stereocenters. The molecule has 140 valence electrons. The summed E-state index contributed by atoms with van der Waals surface area (Å²) in [5.74, 6) is 0. The van der Waals surface area contributed by atoms with Gasteiger partial charge in [-0.1, -0.05) is 12.1 Å². The molecule has 0 bridgehead atoms. The van der Waals surface area contributed by atoms with Crippen LogP contribution in [0.2, 0.25) is 0 Å². The van der Waals surface area contributed by atoms with Crippen molar-refractivity contribution in [2.45, 2.75) is 6.18 Å². The monoisotopic (exact) mass is 380 g/mol. The molecule has 0 heterocycles. The van der Waals surface area contributed by atoms with Gasteiger partial charge in [0.25, 0.3) is 11.4 Å². The van der Waals surface area contributed by atoms with Crippen molar-refractivity contribution < 1.29 is 23.0 Å². The van der Waals surface area contributed by atoms with Crippen molar-refractivity contribution in [2.24, 2.45) is 5.10 Å². The summed E-state index contributed by atoms with van der Waals surface area (Å²) in [5, 5.41) is 25.5.